The van der Waals surface area contributed by atoms with E-state index in [2.05, 4.69) is 0 Å². The summed E-state index contributed by atoms with van der Waals surface area (Å²) in [5.74, 6) is -0.609. The first kappa shape index (κ1) is 16.1. The zero-order valence-corrected chi connectivity index (χ0v) is 11.5. The number of nitrogens with two attached hydrogens (primary N) is 2. The Morgan fingerprint density at radius 1 is 1.20 bits per heavy atom. The summed E-state index contributed by atoms with van der Waals surface area (Å²) >= 11 is 0. The standard InChI is InChI=1S/C14H21N3O3/c15-7-9-20-11-14(19)17(8-6-13(16)18)10-12-4-2-1-3-5-12/h1-5H,6-11,15H2,(H2,16,18). The molecule has 0 saturated carbocycles. The maximum atomic E-state index is 12.0. The highest BCUT2D eigenvalue weighted by molar-refractivity contribution is 5.79. The number of carbonyl (C=O) groups excluding carboxylic acids is 2. The SMILES string of the molecule is NCCOCC(=O)N(CCC(N)=O)Cc1ccccc1. The molecule has 0 aliphatic heterocycles. The van der Waals surface area contributed by atoms with Crippen LogP contribution in [0.1, 0.15) is 12.0 Å². The summed E-state index contributed by atoms with van der Waals surface area (Å²) < 4.78 is 5.14. The summed E-state index contributed by atoms with van der Waals surface area (Å²) in [6.45, 7) is 1.38. The highest BCUT2D eigenvalue weighted by Gasteiger charge is 2.14. The van der Waals surface area contributed by atoms with Crippen molar-refractivity contribution in [3.63, 3.8) is 0 Å². The quantitative estimate of drug-likeness (QED) is 0.615. The molecule has 1 rings (SSSR count). The van der Waals surface area contributed by atoms with Crippen molar-refractivity contribution >= 4 is 11.8 Å². The van der Waals surface area contributed by atoms with E-state index in [0.29, 0.717) is 19.7 Å². The van der Waals surface area contributed by atoms with Gasteiger partial charge in [-0.1, -0.05) is 30.3 Å². The van der Waals surface area contributed by atoms with E-state index < -0.39 is 5.91 Å². The molecule has 2 amide bonds. The Labute approximate surface area is 118 Å². The zero-order valence-electron chi connectivity index (χ0n) is 11.5. The molecule has 0 heterocycles. The molecule has 0 radical (unpaired) electrons. The van der Waals surface area contributed by atoms with Crippen LogP contribution >= 0.6 is 0 Å². The molecule has 0 bridgehead atoms. The van der Waals surface area contributed by atoms with Crippen LogP contribution in [0.25, 0.3) is 0 Å². The number of hydrogen-bond acceptors (Lipinski definition) is 4. The molecule has 0 spiro atoms. The third-order valence-corrected chi connectivity index (χ3v) is 2.68. The smallest absolute Gasteiger partial charge is 0.248 e. The maximum absolute atomic E-state index is 12.0. The minimum Gasteiger partial charge on any atom is -0.370 e. The van der Waals surface area contributed by atoms with Gasteiger partial charge in [0.05, 0.1) is 6.61 Å². The third kappa shape index (κ3) is 6.31. The van der Waals surface area contributed by atoms with Gasteiger partial charge in [0.1, 0.15) is 6.61 Å². The number of nitrogens with zero attached hydrogens (tertiary/aromatic N) is 1. The van der Waals surface area contributed by atoms with E-state index in [9.17, 15) is 9.59 Å². The number of primary amides is 1. The van der Waals surface area contributed by atoms with Crippen molar-refractivity contribution in [2.75, 3.05) is 26.3 Å². The summed E-state index contributed by atoms with van der Waals surface area (Å²) in [4.78, 5) is 24.5. The number of benzene rings is 1. The molecule has 1 aromatic rings. The van der Waals surface area contributed by atoms with Crippen molar-refractivity contribution in [2.45, 2.75) is 13.0 Å². The van der Waals surface area contributed by atoms with Gasteiger partial charge in [-0.05, 0) is 5.56 Å². The molecule has 1 aromatic carbocycles. The average molecular weight is 279 g/mol. The number of rotatable bonds is 9. The molecule has 0 unspecified atom stereocenters. The molecule has 0 aromatic heterocycles. The molecule has 0 aliphatic carbocycles. The molecule has 6 heteroatoms. The summed E-state index contributed by atoms with van der Waals surface area (Å²) in [5, 5.41) is 0. The average Bonchev–Trinajstić information content (AvgIpc) is 2.44. The van der Waals surface area contributed by atoms with Crippen molar-refractivity contribution in [1.29, 1.82) is 0 Å². The topological polar surface area (TPSA) is 98.7 Å². The lowest BCUT2D eigenvalue weighted by molar-refractivity contribution is -0.137. The molecule has 0 fully saturated rings. The lowest BCUT2D eigenvalue weighted by atomic mass is 10.2. The van der Waals surface area contributed by atoms with Gasteiger partial charge >= 0.3 is 0 Å². The third-order valence-electron chi connectivity index (χ3n) is 2.68. The molecule has 0 aliphatic rings. The van der Waals surface area contributed by atoms with Crippen molar-refractivity contribution in [2.24, 2.45) is 11.5 Å². The van der Waals surface area contributed by atoms with Gasteiger partial charge in [-0.25, -0.2) is 0 Å². The van der Waals surface area contributed by atoms with Gasteiger partial charge in [-0.2, -0.15) is 0 Å². The predicted octanol–water partition coefficient (Wildman–Crippen LogP) is -0.134. The second-order valence-electron chi connectivity index (χ2n) is 4.36. The van der Waals surface area contributed by atoms with Crippen LogP contribution in [0.4, 0.5) is 0 Å². The lowest BCUT2D eigenvalue weighted by Gasteiger charge is -2.22. The summed E-state index contributed by atoms with van der Waals surface area (Å²) in [6, 6.07) is 9.55. The van der Waals surface area contributed by atoms with E-state index in [4.69, 9.17) is 16.2 Å². The van der Waals surface area contributed by atoms with Crippen LogP contribution in [0.5, 0.6) is 0 Å². The van der Waals surface area contributed by atoms with Crippen LogP contribution in [-0.2, 0) is 20.9 Å². The molecule has 110 valence electrons. The Morgan fingerprint density at radius 3 is 2.50 bits per heavy atom. The molecule has 4 N–H and O–H groups in total. The number of ether oxygens (including phenoxy) is 1. The molecule has 0 saturated heterocycles. The van der Waals surface area contributed by atoms with Gasteiger partial charge in [0, 0.05) is 26.1 Å². The molecule has 0 atom stereocenters. The number of carbonyl (C=O) groups is 2. The summed E-state index contributed by atoms with van der Waals surface area (Å²) in [5.41, 5.74) is 11.4. The molecule has 6 nitrogen and oxygen atoms in total. The second-order valence-corrected chi connectivity index (χ2v) is 4.36. The van der Waals surface area contributed by atoms with Gasteiger partial charge in [0.15, 0.2) is 0 Å². The predicted molar refractivity (Wildman–Crippen MR) is 75.5 cm³/mol. The van der Waals surface area contributed by atoms with Crippen LogP contribution in [-0.4, -0.2) is 43.0 Å². The van der Waals surface area contributed by atoms with E-state index in [-0.39, 0.29) is 25.5 Å². The Balaban J connectivity index is 2.59. The number of amides is 2. The molecule has 20 heavy (non-hydrogen) atoms. The van der Waals surface area contributed by atoms with Crippen molar-refractivity contribution in [3.05, 3.63) is 35.9 Å². The fraction of sp³-hybridized carbons (Fsp3) is 0.429. The Bertz CT molecular complexity index is 423. The first-order valence-corrected chi connectivity index (χ1v) is 6.51. The van der Waals surface area contributed by atoms with E-state index >= 15 is 0 Å². The minimum absolute atomic E-state index is 0.0389. The summed E-state index contributed by atoms with van der Waals surface area (Å²) in [7, 11) is 0. The van der Waals surface area contributed by atoms with Crippen molar-refractivity contribution in [3.8, 4) is 0 Å². The van der Waals surface area contributed by atoms with Crippen LogP contribution in [0.2, 0.25) is 0 Å². The fourth-order valence-corrected chi connectivity index (χ4v) is 1.67. The van der Waals surface area contributed by atoms with Gasteiger partial charge in [-0.3, -0.25) is 9.59 Å². The van der Waals surface area contributed by atoms with E-state index in [1.165, 1.54) is 0 Å². The van der Waals surface area contributed by atoms with E-state index in [0.717, 1.165) is 5.56 Å². The van der Waals surface area contributed by atoms with Gasteiger partial charge in [0.25, 0.3) is 0 Å². The molecular formula is C14H21N3O3. The maximum Gasteiger partial charge on any atom is 0.248 e. The van der Waals surface area contributed by atoms with Crippen LogP contribution in [0.15, 0.2) is 30.3 Å². The monoisotopic (exact) mass is 279 g/mol. The second kappa shape index (κ2) is 9.06. The summed E-state index contributed by atoms with van der Waals surface area (Å²) in [6.07, 6.45) is 0.134. The highest BCUT2D eigenvalue weighted by Crippen LogP contribution is 2.06. The minimum atomic E-state index is -0.432. The first-order chi connectivity index (χ1) is 9.63. The van der Waals surface area contributed by atoms with Gasteiger partial charge in [0.2, 0.25) is 11.8 Å². The largest absolute Gasteiger partial charge is 0.370 e. The van der Waals surface area contributed by atoms with Crippen LogP contribution in [0, 0.1) is 0 Å². The van der Waals surface area contributed by atoms with E-state index in [1.807, 2.05) is 30.3 Å². The van der Waals surface area contributed by atoms with Crippen molar-refractivity contribution < 1.29 is 14.3 Å². The lowest BCUT2D eigenvalue weighted by Crippen LogP contribution is -2.36. The Morgan fingerprint density at radius 2 is 1.90 bits per heavy atom. The molecular weight excluding hydrogens is 258 g/mol. The van der Waals surface area contributed by atoms with Gasteiger partial charge < -0.3 is 21.1 Å². The van der Waals surface area contributed by atoms with E-state index in [1.54, 1.807) is 4.90 Å². The zero-order chi connectivity index (χ0) is 14.8. The first-order valence-electron chi connectivity index (χ1n) is 6.51. The number of hydrogen-bond donors (Lipinski definition) is 2. The van der Waals surface area contributed by atoms with Crippen LogP contribution < -0.4 is 11.5 Å². The normalized spacial score (nSPS) is 10.2. The van der Waals surface area contributed by atoms with Crippen molar-refractivity contribution in [1.82, 2.24) is 4.90 Å². The van der Waals surface area contributed by atoms with Gasteiger partial charge in [-0.15, -0.1) is 0 Å². The fourth-order valence-electron chi connectivity index (χ4n) is 1.67. The highest BCUT2D eigenvalue weighted by atomic mass is 16.5. The Kier molecular flexibility index (Phi) is 7.31. The van der Waals surface area contributed by atoms with Crippen LogP contribution in [0.3, 0.4) is 0 Å². The Hall–Kier alpha value is -1.92.